The van der Waals surface area contributed by atoms with E-state index in [1.807, 2.05) is 31.0 Å². The van der Waals surface area contributed by atoms with Crippen LogP contribution < -0.4 is 5.32 Å². The molecule has 29 heavy (non-hydrogen) atoms. The molecule has 2 aliphatic heterocycles. The Balaban J connectivity index is 0.00000240. The van der Waals surface area contributed by atoms with Crippen molar-refractivity contribution in [2.45, 2.75) is 46.5 Å². The highest BCUT2D eigenvalue weighted by atomic mass is 35.5. The summed E-state index contributed by atoms with van der Waals surface area (Å²) in [5.41, 5.74) is 3.29. The van der Waals surface area contributed by atoms with Crippen molar-refractivity contribution in [3.05, 3.63) is 34.9 Å². The van der Waals surface area contributed by atoms with Gasteiger partial charge in [0.15, 0.2) is 0 Å². The van der Waals surface area contributed by atoms with Crippen LogP contribution in [0.5, 0.6) is 0 Å². The second-order valence-electron chi connectivity index (χ2n) is 8.53. The maximum absolute atomic E-state index is 13.4. The zero-order valence-corrected chi connectivity index (χ0v) is 18.5. The van der Waals surface area contributed by atoms with E-state index in [9.17, 15) is 4.79 Å². The number of fused-ring (bicyclic) bond motifs is 1. The number of amides is 1. The lowest BCUT2D eigenvalue weighted by Crippen LogP contribution is -2.33. The molecule has 0 bridgehead atoms. The van der Waals surface area contributed by atoms with Crippen molar-refractivity contribution in [1.29, 1.82) is 0 Å². The summed E-state index contributed by atoms with van der Waals surface area (Å²) in [5.74, 6) is 2.17. The lowest BCUT2D eigenvalue weighted by molar-refractivity contribution is 0.0757. The number of nitrogens with one attached hydrogen (secondary N) is 1. The molecule has 0 aromatic carbocycles. The molecule has 1 amide bonds. The van der Waals surface area contributed by atoms with Gasteiger partial charge in [0.1, 0.15) is 0 Å². The topological polar surface area (TPSA) is 75.9 Å². The van der Waals surface area contributed by atoms with E-state index in [0.717, 1.165) is 56.1 Å². The first-order valence-corrected chi connectivity index (χ1v) is 10.3. The molecule has 2 aliphatic rings. The Labute approximate surface area is 178 Å². The maximum atomic E-state index is 13.4. The third-order valence-electron chi connectivity index (χ3n) is 6.00. The van der Waals surface area contributed by atoms with Crippen molar-refractivity contribution in [3.8, 4) is 5.95 Å². The average Bonchev–Trinajstić information content (AvgIpc) is 3.23. The Morgan fingerprint density at radius 1 is 1.10 bits per heavy atom. The summed E-state index contributed by atoms with van der Waals surface area (Å²) < 4.78 is 1.67. The average molecular weight is 419 g/mol. The molecule has 2 aromatic rings. The van der Waals surface area contributed by atoms with Crippen molar-refractivity contribution < 1.29 is 4.79 Å². The van der Waals surface area contributed by atoms with Gasteiger partial charge in [0.25, 0.3) is 11.9 Å². The van der Waals surface area contributed by atoms with Crippen LogP contribution in [-0.2, 0) is 0 Å². The van der Waals surface area contributed by atoms with Gasteiger partial charge < -0.3 is 10.2 Å². The fraction of sp³-hybridized carbons (Fsp3) is 0.619. The Hall–Kier alpha value is -1.99. The minimum Gasteiger partial charge on any atom is -0.339 e. The van der Waals surface area contributed by atoms with Gasteiger partial charge in [-0.15, -0.1) is 12.4 Å². The Kier molecular flexibility index (Phi) is 6.58. The zero-order chi connectivity index (χ0) is 19.8. The second-order valence-corrected chi connectivity index (χ2v) is 8.53. The normalized spacial score (nSPS) is 21.6. The number of rotatable bonds is 3. The summed E-state index contributed by atoms with van der Waals surface area (Å²) in [6.45, 7) is 11.9. The number of carbonyl (C=O) groups excluding carboxylic acids is 1. The van der Waals surface area contributed by atoms with Crippen LogP contribution in [0.3, 0.4) is 0 Å². The molecule has 0 unspecified atom stereocenters. The summed E-state index contributed by atoms with van der Waals surface area (Å²) in [6.07, 6.45) is 3.97. The van der Waals surface area contributed by atoms with Crippen LogP contribution in [0.2, 0.25) is 0 Å². The van der Waals surface area contributed by atoms with E-state index in [2.05, 4.69) is 29.1 Å². The molecule has 2 fully saturated rings. The van der Waals surface area contributed by atoms with Gasteiger partial charge in [0.2, 0.25) is 0 Å². The molecule has 7 nitrogen and oxygen atoms in total. The van der Waals surface area contributed by atoms with Crippen molar-refractivity contribution >= 4 is 18.3 Å². The fourth-order valence-corrected chi connectivity index (χ4v) is 4.48. The second kappa shape index (κ2) is 8.79. The van der Waals surface area contributed by atoms with Crippen LogP contribution in [-0.4, -0.2) is 56.7 Å². The predicted molar refractivity (Wildman–Crippen MR) is 115 cm³/mol. The van der Waals surface area contributed by atoms with Gasteiger partial charge in [0, 0.05) is 30.7 Å². The fourth-order valence-electron chi connectivity index (χ4n) is 4.48. The summed E-state index contributed by atoms with van der Waals surface area (Å²) in [6, 6.07) is 1.94. The predicted octanol–water partition coefficient (Wildman–Crippen LogP) is 2.90. The van der Waals surface area contributed by atoms with Gasteiger partial charge in [-0.25, -0.2) is 14.6 Å². The SMILES string of the molecule is Cc1cc(C)nc(-n2cc(C(=O)N3CC[C@@H]4CNC[C@@H]4CC3)c(C(C)C)n2)n1.Cl. The molecule has 158 valence electrons. The lowest BCUT2D eigenvalue weighted by Gasteiger charge is -2.21. The van der Waals surface area contributed by atoms with E-state index in [4.69, 9.17) is 5.10 Å². The number of likely N-dealkylation sites (tertiary alicyclic amines) is 1. The zero-order valence-electron chi connectivity index (χ0n) is 17.7. The molecular formula is C21H31ClN6O. The summed E-state index contributed by atoms with van der Waals surface area (Å²) in [5, 5.41) is 8.18. The van der Waals surface area contributed by atoms with Gasteiger partial charge in [-0.1, -0.05) is 13.8 Å². The molecule has 1 N–H and O–H groups in total. The van der Waals surface area contributed by atoms with Crippen LogP contribution in [0.15, 0.2) is 12.3 Å². The van der Waals surface area contributed by atoms with E-state index >= 15 is 0 Å². The molecule has 0 spiro atoms. The minimum absolute atomic E-state index is 0. The molecule has 0 radical (unpaired) electrons. The van der Waals surface area contributed by atoms with Crippen LogP contribution in [0.4, 0.5) is 0 Å². The number of nitrogens with zero attached hydrogens (tertiary/aromatic N) is 5. The van der Waals surface area contributed by atoms with Crippen LogP contribution >= 0.6 is 12.4 Å². The first kappa shape index (κ1) is 21.7. The summed E-state index contributed by atoms with van der Waals surface area (Å²) in [7, 11) is 0. The number of hydrogen-bond donors (Lipinski definition) is 1. The lowest BCUT2D eigenvalue weighted by atomic mass is 9.92. The quantitative estimate of drug-likeness (QED) is 0.829. The van der Waals surface area contributed by atoms with Crippen LogP contribution in [0.25, 0.3) is 5.95 Å². The number of hydrogen-bond acceptors (Lipinski definition) is 5. The molecule has 2 aromatic heterocycles. The summed E-state index contributed by atoms with van der Waals surface area (Å²) >= 11 is 0. The Morgan fingerprint density at radius 3 is 2.24 bits per heavy atom. The van der Waals surface area contributed by atoms with Crippen LogP contribution in [0.1, 0.15) is 60.0 Å². The number of aromatic nitrogens is 4. The molecule has 2 atom stereocenters. The molecule has 2 saturated heterocycles. The van der Waals surface area contributed by atoms with Crippen molar-refractivity contribution in [1.82, 2.24) is 30.0 Å². The van der Waals surface area contributed by atoms with Crippen molar-refractivity contribution in [2.24, 2.45) is 11.8 Å². The highest BCUT2D eigenvalue weighted by Gasteiger charge is 2.33. The number of aryl methyl sites for hydroxylation is 2. The highest BCUT2D eigenvalue weighted by Crippen LogP contribution is 2.29. The van der Waals surface area contributed by atoms with Gasteiger partial charge >= 0.3 is 0 Å². The molecule has 4 heterocycles. The van der Waals surface area contributed by atoms with E-state index in [-0.39, 0.29) is 24.2 Å². The van der Waals surface area contributed by atoms with E-state index in [1.165, 1.54) is 0 Å². The first-order valence-electron chi connectivity index (χ1n) is 10.3. The van der Waals surface area contributed by atoms with E-state index in [1.54, 1.807) is 4.68 Å². The minimum atomic E-state index is 0. The first-order chi connectivity index (χ1) is 13.4. The highest BCUT2D eigenvalue weighted by molar-refractivity contribution is 5.95. The van der Waals surface area contributed by atoms with Crippen molar-refractivity contribution in [2.75, 3.05) is 26.2 Å². The third kappa shape index (κ3) is 4.46. The largest absolute Gasteiger partial charge is 0.339 e. The molecular weight excluding hydrogens is 388 g/mol. The van der Waals surface area contributed by atoms with Gasteiger partial charge in [0.05, 0.1) is 11.3 Å². The summed E-state index contributed by atoms with van der Waals surface area (Å²) in [4.78, 5) is 24.4. The van der Waals surface area contributed by atoms with Crippen molar-refractivity contribution in [3.63, 3.8) is 0 Å². The molecule has 8 heteroatoms. The van der Waals surface area contributed by atoms with Gasteiger partial charge in [-0.2, -0.15) is 5.10 Å². The van der Waals surface area contributed by atoms with Gasteiger partial charge in [-0.05, 0) is 63.6 Å². The molecule has 4 rings (SSSR count). The Bertz CT molecular complexity index is 846. The monoisotopic (exact) mass is 418 g/mol. The number of carbonyl (C=O) groups is 1. The van der Waals surface area contributed by atoms with E-state index in [0.29, 0.717) is 23.3 Å². The number of halogens is 1. The van der Waals surface area contributed by atoms with E-state index < -0.39 is 0 Å². The van der Waals surface area contributed by atoms with Gasteiger partial charge in [-0.3, -0.25) is 4.79 Å². The molecule has 0 saturated carbocycles. The standard InChI is InChI=1S/C21H30N6O.ClH/c1-13(2)19-18(12-27(25-19)21-23-14(3)9-15(4)24-21)20(28)26-7-5-16-10-22-11-17(16)6-8-26;/h9,12-13,16-17,22H,5-8,10-11H2,1-4H3;1H/t16-,17+;. The van der Waals surface area contributed by atoms with Crippen LogP contribution in [0, 0.1) is 25.7 Å². The maximum Gasteiger partial charge on any atom is 0.257 e. The third-order valence-corrected chi connectivity index (χ3v) is 6.00. The Morgan fingerprint density at radius 2 is 1.69 bits per heavy atom. The molecule has 0 aliphatic carbocycles. The smallest absolute Gasteiger partial charge is 0.257 e.